The molecule has 168 valence electrons. The topological polar surface area (TPSA) is 61.9 Å². The van der Waals surface area contributed by atoms with E-state index in [0.717, 1.165) is 16.8 Å². The lowest BCUT2D eigenvalue weighted by Gasteiger charge is -2.19. The van der Waals surface area contributed by atoms with E-state index in [2.05, 4.69) is 5.32 Å². The van der Waals surface area contributed by atoms with E-state index in [1.54, 1.807) is 19.2 Å². The average Bonchev–Trinajstić information content (AvgIpc) is 3.04. The van der Waals surface area contributed by atoms with Crippen LogP contribution in [0.25, 0.3) is 5.57 Å². The van der Waals surface area contributed by atoms with Crippen LogP contribution in [0.2, 0.25) is 0 Å². The van der Waals surface area contributed by atoms with Gasteiger partial charge in [0.1, 0.15) is 11.4 Å². The summed E-state index contributed by atoms with van der Waals surface area (Å²) in [6, 6.07) is 20.7. The van der Waals surface area contributed by atoms with Gasteiger partial charge in [-0.3, -0.25) is 9.59 Å². The van der Waals surface area contributed by atoms with Gasteiger partial charge in [-0.1, -0.05) is 30.3 Å². The van der Waals surface area contributed by atoms with Crippen molar-refractivity contribution in [3.63, 3.8) is 0 Å². The molecule has 0 radical (unpaired) electrons. The Labute approximate surface area is 194 Å². The Balaban J connectivity index is 1.85. The predicted molar refractivity (Wildman–Crippen MR) is 133 cm³/mol. The number of para-hydroxylation sites is 1. The first-order valence-corrected chi connectivity index (χ1v) is 10.7. The molecule has 0 fully saturated rings. The van der Waals surface area contributed by atoms with E-state index >= 15 is 0 Å². The lowest BCUT2D eigenvalue weighted by Crippen LogP contribution is -2.33. The number of nitrogens with zero attached hydrogens (tertiary/aromatic N) is 2. The van der Waals surface area contributed by atoms with Crippen LogP contribution in [0, 0.1) is 13.8 Å². The molecule has 33 heavy (non-hydrogen) atoms. The van der Waals surface area contributed by atoms with Crippen LogP contribution in [0.15, 0.2) is 72.4 Å². The third-order valence-electron chi connectivity index (χ3n) is 5.72. The highest BCUT2D eigenvalue weighted by Crippen LogP contribution is 2.38. The fourth-order valence-corrected chi connectivity index (χ4v) is 3.91. The molecule has 3 aromatic rings. The molecule has 4 rings (SSSR count). The van der Waals surface area contributed by atoms with E-state index < -0.39 is 5.91 Å². The number of methoxy groups -OCH3 is 1. The number of ether oxygens (including phenoxy) is 1. The number of carbonyl (C=O) groups is 2. The van der Waals surface area contributed by atoms with Crippen molar-refractivity contribution in [3.8, 4) is 5.75 Å². The van der Waals surface area contributed by atoms with Crippen molar-refractivity contribution in [2.75, 3.05) is 36.3 Å². The largest absolute Gasteiger partial charge is 0.496 e. The third-order valence-corrected chi connectivity index (χ3v) is 5.72. The molecular formula is C27H27N3O3. The van der Waals surface area contributed by atoms with Gasteiger partial charge in [0.2, 0.25) is 0 Å². The van der Waals surface area contributed by atoms with Crippen molar-refractivity contribution in [3.05, 3.63) is 89.1 Å². The van der Waals surface area contributed by atoms with E-state index in [9.17, 15) is 9.59 Å². The molecular weight excluding hydrogens is 414 g/mol. The molecule has 0 bridgehead atoms. The first-order chi connectivity index (χ1) is 15.8. The first kappa shape index (κ1) is 22.1. The zero-order valence-corrected chi connectivity index (χ0v) is 19.5. The van der Waals surface area contributed by atoms with Gasteiger partial charge in [0.15, 0.2) is 0 Å². The minimum Gasteiger partial charge on any atom is -0.496 e. The van der Waals surface area contributed by atoms with Crippen LogP contribution in [0.3, 0.4) is 0 Å². The number of hydrogen-bond donors (Lipinski definition) is 1. The SMILES string of the molecule is COc1ccccc1C1=C(Nc2ccc(N(C)C)cc2)C(=O)N(c2cc(C)ccc2C)C1=O. The Hall–Kier alpha value is -4.06. The molecule has 0 aliphatic carbocycles. The second-order valence-corrected chi connectivity index (χ2v) is 8.25. The summed E-state index contributed by atoms with van der Waals surface area (Å²) in [5, 5.41) is 3.21. The fraction of sp³-hybridized carbons (Fsp3) is 0.185. The maximum absolute atomic E-state index is 13.7. The van der Waals surface area contributed by atoms with Crippen LogP contribution >= 0.6 is 0 Å². The van der Waals surface area contributed by atoms with Crippen molar-refractivity contribution in [1.82, 2.24) is 0 Å². The highest BCUT2D eigenvalue weighted by atomic mass is 16.5. The molecule has 0 aromatic heterocycles. The highest BCUT2D eigenvalue weighted by Gasteiger charge is 2.41. The van der Waals surface area contributed by atoms with Crippen LogP contribution in [-0.2, 0) is 9.59 Å². The number of carbonyl (C=O) groups excluding carboxylic acids is 2. The van der Waals surface area contributed by atoms with Crippen molar-refractivity contribution in [1.29, 1.82) is 0 Å². The maximum atomic E-state index is 13.7. The molecule has 3 aromatic carbocycles. The summed E-state index contributed by atoms with van der Waals surface area (Å²) in [6.07, 6.45) is 0. The first-order valence-electron chi connectivity index (χ1n) is 10.7. The lowest BCUT2D eigenvalue weighted by molar-refractivity contribution is -0.120. The summed E-state index contributed by atoms with van der Waals surface area (Å²) in [4.78, 5) is 30.7. The molecule has 1 heterocycles. The fourth-order valence-electron chi connectivity index (χ4n) is 3.91. The zero-order chi connectivity index (χ0) is 23.7. The Morgan fingerprint density at radius 1 is 0.879 bits per heavy atom. The molecule has 0 spiro atoms. The number of hydrogen-bond acceptors (Lipinski definition) is 5. The molecule has 0 unspecified atom stereocenters. The van der Waals surface area contributed by atoms with Gasteiger partial charge < -0.3 is 15.0 Å². The molecule has 6 heteroatoms. The minimum atomic E-state index is -0.397. The number of benzene rings is 3. The molecule has 6 nitrogen and oxygen atoms in total. The van der Waals surface area contributed by atoms with Gasteiger partial charge in [0.25, 0.3) is 11.8 Å². The molecule has 2 amide bonds. The van der Waals surface area contributed by atoms with Crippen LogP contribution in [0.1, 0.15) is 16.7 Å². The standard InChI is InChI=1S/C27H27N3O3/c1-17-10-11-18(2)22(16-17)30-26(31)24(21-8-6-7-9-23(21)33-5)25(27(30)32)28-19-12-14-20(15-13-19)29(3)4/h6-16,28H,1-5H3. The van der Waals surface area contributed by atoms with Crippen molar-refractivity contribution in [2.45, 2.75) is 13.8 Å². The minimum absolute atomic E-state index is 0.225. The van der Waals surface area contributed by atoms with Crippen LogP contribution < -0.4 is 19.9 Å². The Kier molecular flexibility index (Phi) is 5.92. The number of rotatable bonds is 6. The quantitative estimate of drug-likeness (QED) is 0.558. The molecule has 1 aliphatic heterocycles. The third kappa shape index (κ3) is 4.07. The van der Waals surface area contributed by atoms with Crippen LogP contribution in [0.5, 0.6) is 5.75 Å². The summed E-state index contributed by atoms with van der Waals surface area (Å²) in [7, 11) is 5.48. The van der Waals surface area contributed by atoms with E-state index in [4.69, 9.17) is 4.74 Å². The predicted octanol–water partition coefficient (Wildman–Crippen LogP) is 4.77. The summed E-state index contributed by atoms with van der Waals surface area (Å²) >= 11 is 0. The Morgan fingerprint density at radius 3 is 2.24 bits per heavy atom. The summed E-state index contributed by atoms with van der Waals surface area (Å²) in [5.74, 6) is -0.254. The number of imide groups is 1. The Morgan fingerprint density at radius 2 is 1.58 bits per heavy atom. The van der Waals surface area contributed by atoms with Crippen molar-refractivity contribution >= 4 is 34.4 Å². The maximum Gasteiger partial charge on any atom is 0.282 e. The number of nitrogens with one attached hydrogen (secondary N) is 1. The van der Waals surface area contributed by atoms with Gasteiger partial charge in [-0.15, -0.1) is 0 Å². The van der Waals surface area contributed by atoms with Crippen LogP contribution in [-0.4, -0.2) is 33.0 Å². The second kappa shape index (κ2) is 8.82. The van der Waals surface area contributed by atoms with Gasteiger partial charge in [-0.2, -0.15) is 0 Å². The second-order valence-electron chi connectivity index (χ2n) is 8.25. The van der Waals surface area contributed by atoms with E-state index in [1.807, 2.05) is 87.4 Å². The molecule has 0 saturated heterocycles. The van der Waals surface area contributed by atoms with Gasteiger partial charge in [-0.05, 0) is 61.4 Å². The van der Waals surface area contributed by atoms with Crippen molar-refractivity contribution in [2.24, 2.45) is 0 Å². The number of amides is 2. The van der Waals surface area contributed by atoms with E-state index in [-0.39, 0.29) is 17.2 Å². The van der Waals surface area contributed by atoms with Crippen LogP contribution in [0.4, 0.5) is 17.1 Å². The summed E-state index contributed by atoms with van der Waals surface area (Å²) in [6.45, 7) is 3.83. The number of anilines is 3. The van der Waals surface area contributed by atoms with Gasteiger partial charge in [-0.25, -0.2) is 4.90 Å². The molecule has 1 N–H and O–H groups in total. The summed E-state index contributed by atoms with van der Waals surface area (Å²) < 4.78 is 5.52. The molecule has 1 aliphatic rings. The average molecular weight is 442 g/mol. The Bertz CT molecular complexity index is 1260. The number of aryl methyl sites for hydroxylation is 2. The monoisotopic (exact) mass is 441 g/mol. The lowest BCUT2D eigenvalue weighted by atomic mass is 10.0. The normalized spacial score (nSPS) is 13.5. The van der Waals surface area contributed by atoms with Gasteiger partial charge >= 0.3 is 0 Å². The summed E-state index contributed by atoms with van der Waals surface area (Å²) in [5.41, 5.74) is 5.22. The van der Waals surface area contributed by atoms with E-state index in [0.29, 0.717) is 22.7 Å². The van der Waals surface area contributed by atoms with Crippen molar-refractivity contribution < 1.29 is 14.3 Å². The smallest absolute Gasteiger partial charge is 0.282 e. The zero-order valence-electron chi connectivity index (χ0n) is 19.5. The molecule has 0 saturated carbocycles. The van der Waals surface area contributed by atoms with Gasteiger partial charge in [0.05, 0.1) is 18.4 Å². The van der Waals surface area contributed by atoms with Gasteiger partial charge in [0, 0.05) is 31.0 Å². The highest BCUT2D eigenvalue weighted by molar-refractivity contribution is 6.46. The molecule has 0 atom stereocenters. The van der Waals surface area contributed by atoms with E-state index in [1.165, 1.54) is 4.90 Å².